The van der Waals surface area contributed by atoms with Gasteiger partial charge in [-0.1, -0.05) is 6.07 Å². The van der Waals surface area contributed by atoms with Crippen LogP contribution in [0, 0.1) is 13.8 Å². The Hall–Kier alpha value is -3.17. The first-order chi connectivity index (χ1) is 16.4. The summed E-state index contributed by atoms with van der Waals surface area (Å²) in [5.41, 5.74) is 3.64. The van der Waals surface area contributed by atoms with Gasteiger partial charge in [-0.05, 0) is 37.1 Å². The number of nitrogens with zero attached hydrogens (tertiary/aromatic N) is 3. The molecule has 1 fully saturated rings. The molecule has 182 valence electrons. The first kappa shape index (κ1) is 24.0. The SMILES string of the molecule is COCC[N+]1(CNc2ncc(C)n(CC(=O)NCc3ccc4[nH]cc(C)c4c3)c2=O)CCCC1. The van der Waals surface area contributed by atoms with E-state index in [-0.39, 0.29) is 23.8 Å². The molecule has 9 heteroatoms. The van der Waals surface area contributed by atoms with Crippen LogP contribution in [0.5, 0.6) is 0 Å². The van der Waals surface area contributed by atoms with Gasteiger partial charge in [-0.25, -0.2) is 4.98 Å². The van der Waals surface area contributed by atoms with Crippen LogP contribution in [0.4, 0.5) is 5.82 Å². The van der Waals surface area contributed by atoms with Gasteiger partial charge in [0, 0.05) is 55.5 Å². The predicted octanol–water partition coefficient (Wildman–Crippen LogP) is 2.28. The zero-order chi connectivity index (χ0) is 24.1. The lowest BCUT2D eigenvalue weighted by Crippen LogP contribution is -2.51. The van der Waals surface area contributed by atoms with E-state index in [1.54, 1.807) is 20.2 Å². The molecule has 34 heavy (non-hydrogen) atoms. The van der Waals surface area contributed by atoms with Crippen molar-refractivity contribution in [3.8, 4) is 0 Å². The fourth-order valence-electron chi connectivity index (χ4n) is 4.70. The smallest absolute Gasteiger partial charge is 0.294 e. The normalized spacial score (nSPS) is 15.0. The number of carbonyl (C=O) groups is 1. The van der Waals surface area contributed by atoms with Crippen LogP contribution in [-0.4, -0.2) is 64.9 Å². The molecule has 0 spiro atoms. The van der Waals surface area contributed by atoms with Crippen molar-refractivity contribution in [3.05, 3.63) is 57.8 Å². The second-order valence-electron chi connectivity index (χ2n) is 9.32. The Morgan fingerprint density at radius 1 is 1.26 bits per heavy atom. The van der Waals surface area contributed by atoms with E-state index < -0.39 is 0 Å². The molecule has 1 amide bonds. The molecule has 3 N–H and O–H groups in total. The van der Waals surface area contributed by atoms with E-state index in [4.69, 9.17) is 4.74 Å². The van der Waals surface area contributed by atoms with E-state index in [1.807, 2.05) is 18.3 Å². The summed E-state index contributed by atoms with van der Waals surface area (Å²) in [6.07, 6.45) is 5.97. The number of quaternary nitrogens is 1. The van der Waals surface area contributed by atoms with Crippen molar-refractivity contribution in [1.29, 1.82) is 0 Å². The van der Waals surface area contributed by atoms with Crippen LogP contribution >= 0.6 is 0 Å². The molecular weight excluding hydrogens is 432 g/mol. The number of benzene rings is 1. The van der Waals surface area contributed by atoms with Gasteiger partial charge in [-0.2, -0.15) is 0 Å². The maximum atomic E-state index is 13.1. The average Bonchev–Trinajstić information content (AvgIpc) is 3.46. The summed E-state index contributed by atoms with van der Waals surface area (Å²) in [6, 6.07) is 6.08. The number of methoxy groups -OCH3 is 1. The van der Waals surface area contributed by atoms with Gasteiger partial charge < -0.3 is 24.8 Å². The molecule has 0 aliphatic carbocycles. The summed E-state index contributed by atoms with van der Waals surface area (Å²) >= 11 is 0. The lowest BCUT2D eigenvalue weighted by atomic mass is 10.1. The van der Waals surface area contributed by atoms with E-state index in [0.29, 0.717) is 25.5 Å². The van der Waals surface area contributed by atoms with Gasteiger partial charge in [0.05, 0.1) is 19.7 Å². The van der Waals surface area contributed by atoms with Gasteiger partial charge in [0.2, 0.25) is 5.91 Å². The topological polar surface area (TPSA) is 101 Å². The Morgan fingerprint density at radius 3 is 2.82 bits per heavy atom. The maximum absolute atomic E-state index is 13.1. The van der Waals surface area contributed by atoms with E-state index in [9.17, 15) is 9.59 Å². The van der Waals surface area contributed by atoms with Crippen LogP contribution in [0.2, 0.25) is 0 Å². The lowest BCUT2D eigenvalue weighted by molar-refractivity contribution is -0.913. The Balaban J connectivity index is 1.40. The zero-order valence-corrected chi connectivity index (χ0v) is 20.3. The number of amides is 1. The number of carbonyl (C=O) groups excluding carboxylic acids is 1. The second-order valence-corrected chi connectivity index (χ2v) is 9.32. The molecule has 0 radical (unpaired) electrons. The maximum Gasteiger partial charge on any atom is 0.294 e. The Kier molecular flexibility index (Phi) is 7.33. The molecule has 4 rings (SSSR count). The van der Waals surface area contributed by atoms with Gasteiger partial charge >= 0.3 is 0 Å². The second kappa shape index (κ2) is 10.4. The molecule has 1 aromatic carbocycles. The molecule has 0 atom stereocenters. The molecule has 2 aromatic heterocycles. The Bertz CT molecular complexity index is 1210. The number of ether oxygens (including phenoxy) is 1. The van der Waals surface area contributed by atoms with Gasteiger partial charge in [-0.3, -0.25) is 14.2 Å². The third-order valence-electron chi connectivity index (χ3n) is 6.86. The minimum atomic E-state index is -0.274. The number of hydrogen-bond acceptors (Lipinski definition) is 5. The fourth-order valence-corrected chi connectivity index (χ4v) is 4.70. The summed E-state index contributed by atoms with van der Waals surface area (Å²) in [7, 11) is 1.71. The molecule has 1 aliphatic rings. The van der Waals surface area contributed by atoms with Crippen molar-refractivity contribution in [2.24, 2.45) is 0 Å². The number of aromatic nitrogens is 3. The fraction of sp³-hybridized carbons (Fsp3) is 0.480. The number of aromatic amines is 1. The molecule has 3 aromatic rings. The number of nitrogens with one attached hydrogen (secondary N) is 3. The van der Waals surface area contributed by atoms with Crippen molar-refractivity contribution in [3.63, 3.8) is 0 Å². The quantitative estimate of drug-likeness (QED) is 0.397. The van der Waals surface area contributed by atoms with Crippen LogP contribution in [0.25, 0.3) is 10.9 Å². The van der Waals surface area contributed by atoms with Gasteiger partial charge in [0.15, 0.2) is 12.5 Å². The van der Waals surface area contributed by atoms with Crippen LogP contribution < -0.4 is 16.2 Å². The largest absolute Gasteiger partial charge is 0.379 e. The van der Waals surface area contributed by atoms with Crippen LogP contribution in [0.3, 0.4) is 0 Å². The molecule has 0 bridgehead atoms. The first-order valence-corrected chi connectivity index (χ1v) is 11.9. The summed E-state index contributed by atoms with van der Waals surface area (Å²) in [6.45, 7) is 8.54. The molecule has 1 saturated heterocycles. The number of H-pyrrole nitrogens is 1. The third kappa shape index (κ3) is 5.31. The van der Waals surface area contributed by atoms with Crippen molar-refractivity contribution in [2.45, 2.75) is 39.8 Å². The van der Waals surface area contributed by atoms with E-state index in [0.717, 1.165) is 40.6 Å². The van der Waals surface area contributed by atoms with Crippen LogP contribution in [0.15, 0.2) is 35.4 Å². The average molecular weight is 468 g/mol. The van der Waals surface area contributed by atoms with Crippen molar-refractivity contribution in [1.82, 2.24) is 19.9 Å². The van der Waals surface area contributed by atoms with Crippen molar-refractivity contribution < 1.29 is 14.0 Å². The van der Waals surface area contributed by atoms with Crippen LogP contribution in [-0.2, 0) is 22.6 Å². The Morgan fingerprint density at radius 2 is 2.06 bits per heavy atom. The lowest BCUT2D eigenvalue weighted by Gasteiger charge is -2.34. The minimum absolute atomic E-state index is 0.0447. The van der Waals surface area contributed by atoms with Crippen molar-refractivity contribution >= 4 is 22.6 Å². The first-order valence-electron chi connectivity index (χ1n) is 11.9. The molecule has 1 aliphatic heterocycles. The number of hydrogen-bond donors (Lipinski definition) is 3. The number of fused-ring (bicyclic) bond motifs is 1. The van der Waals surface area contributed by atoms with Gasteiger partial charge in [-0.15, -0.1) is 0 Å². The minimum Gasteiger partial charge on any atom is -0.379 e. The summed E-state index contributed by atoms with van der Waals surface area (Å²) in [5, 5.41) is 7.34. The highest BCUT2D eigenvalue weighted by Gasteiger charge is 2.31. The van der Waals surface area contributed by atoms with E-state index in [1.165, 1.54) is 23.0 Å². The predicted molar refractivity (Wildman–Crippen MR) is 133 cm³/mol. The standard InChI is InChI=1S/C25H34N6O3/c1-18-13-26-22-7-6-20(12-21(18)22)15-27-23(32)16-30-19(2)14-28-24(25(30)33)29-17-31(10-11-34-3)8-4-5-9-31/h6-7,12-14,26H,4-5,8-11,15-17H2,1-3H3,(H-,27,28,29,32)/p+1. The summed E-state index contributed by atoms with van der Waals surface area (Å²) < 4.78 is 7.64. The number of rotatable bonds is 10. The molecular formula is C25H35N6O3+. The third-order valence-corrected chi connectivity index (χ3v) is 6.86. The molecule has 0 unspecified atom stereocenters. The van der Waals surface area contributed by atoms with Crippen LogP contribution in [0.1, 0.15) is 29.7 Å². The van der Waals surface area contributed by atoms with E-state index in [2.05, 4.69) is 33.6 Å². The van der Waals surface area contributed by atoms with Crippen molar-refractivity contribution in [2.75, 3.05) is 45.3 Å². The highest BCUT2D eigenvalue weighted by atomic mass is 16.5. The number of anilines is 1. The van der Waals surface area contributed by atoms with E-state index >= 15 is 0 Å². The highest BCUT2D eigenvalue weighted by molar-refractivity contribution is 5.83. The highest BCUT2D eigenvalue weighted by Crippen LogP contribution is 2.20. The summed E-state index contributed by atoms with van der Waals surface area (Å²) in [4.78, 5) is 33.3. The van der Waals surface area contributed by atoms with Gasteiger partial charge in [0.25, 0.3) is 5.56 Å². The van der Waals surface area contributed by atoms with Gasteiger partial charge in [0.1, 0.15) is 13.1 Å². The molecule has 3 heterocycles. The zero-order valence-electron chi connectivity index (χ0n) is 20.3. The monoisotopic (exact) mass is 467 g/mol. The number of aryl methyl sites for hydroxylation is 2. The summed E-state index contributed by atoms with van der Waals surface area (Å²) in [5.74, 6) is 0.0741. The number of likely N-dealkylation sites (tertiary alicyclic amines) is 1. The Labute approximate surface area is 199 Å². The molecule has 0 saturated carbocycles. The molecule has 9 nitrogen and oxygen atoms in total.